The van der Waals surface area contributed by atoms with Gasteiger partial charge in [-0.25, -0.2) is 14.0 Å². The van der Waals surface area contributed by atoms with Crippen molar-refractivity contribution in [3.05, 3.63) is 29.8 Å². The number of esters is 1. The Morgan fingerprint density at radius 3 is 2.71 bits per heavy atom. The molecule has 1 aromatic rings. The zero-order valence-electron chi connectivity index (χ0n) is 12.8. The van der Waals surface area contributed by atoms with Crippen molar-refractivity contribution in [2.75, 3.05) is 25.5 Å². The van der Waals surface area contributed by atoms with Crippen LogP contribution in [0.15, 0.2) is 24.3 Å². The van der Waals surface area contributed by atoms with Crippen molar-refractivity contribution in [2.45, 2.75) is 24.7 Å². The predicted molar refractivity (Wildman–Crippen MR) is 77.3 cm³/mol. The Kier molecular flexibility index (Phi) is 5.00. The molecule has 0 spiro atoms. The number of ether oxygens (including phenoxy) is 1. The maximum absolute atomic E-state index is 14.3. The zero-order valence-corrected chi connectivity index (χ0v) is 12.8. The average Bonchev–Trinajstić information content (AvgIpc) is 2.89. The number of nitrogens with zero attached hydrogens (tertiary/aromatic N) is 1. The molecule has 1 aliphatic rings. The lowest BCUT2D eigenvalue weighted by Crippen LogP contribution is -2.41. The van der Waals surface area contributed by atoms with E-state index in [2.05, 4.69) is 10.1 Å². The lowest BCUT2D eigenvalue weighted by Gasteiger charge is -2.19. The van der Waals surface area contributed by atoms with Gasteiger partial charge in [0.05, 0.1) is 20.1 Å². The van der Waals surface area contributed by atoms with Crippen molar-refractivity contribution in [2.24, 2.45) is 0 Å². The summed E-state index contributed by atoms with van der Waals surface area (Å²) in [7, 11) is 1.05. The van der Waals surface area contributed by atoms with E-state index in [0.29, 0.717) is 0 Å². The van der Waals surface area contributed by atoms with Gasteiger partial charge in [-0.3, -0.25) is 0 Å². The number of rotatable bonds is 3. The van der Waals surface area contributed by atoms with Gasteiger partial charge >= 0.3 is 18.2 Å². The van der Waals surface area contributed by atoms with Crippen molar-refractivity contribution < 1.29 is 31.9 Å². The van der Waals surface area contributed by atoms with Crippen LogP contribution >= 0.6 is 0 Å². The minimum absolute atomic E-state index is 0.000322. The third-order valence-electron chi connectivity index (χ3n) is 3.64. The van der Waals surface area contributed by atoms with Crippen LogP contribution in [-0.2, 0) is 16.0 Å². The molecule has 132 valence electrons. The molecule has 9 heteroatoms. The number of anilines is 1. The molecule has 0 saturated carbocycles. The first-order valence-electron chi connectivity index (χ1n) is 7.12. The monoisotopic (exact) mass is 348 g/mol. The normalized spacial score (nSPS) is 20.8. The molecule has 24 heavy (non-hydrogen) atoms. The number of alkyl halides is 4. The van der Waals surface area contributed by atoms with Gasteiger partial charge in [-0.05, 0) is 17.7 Å². The van der Waals surface area contributed by atoms with Gasteiger partial charge in [0.25, 0.3) is 0 Å². The lowest BCUT2D eigenvalue weighted by molar-refractivity contribution is -0.153. The van der Waals surface area contributed by atoms with Gasteiger partial charge < -0.3 is 15.0 Å². The van der Waals surface area contributed by atoms with Crippen LogP contribution in [-0.4, -0.2) is 48.9 Å². The van der Waals surface area contributed by atoms with Gasteiger partial charge in [-0.15, -0.1) is 0 Å². The van der Waals surface area contributed by atoms with E-state index in [1.165, 1.54) is 24.3 Å². The maximum Gasteiger partial charge on any atom is 0.393 e. The number of carbonyl (C=O) groups is 2. The molecule has 2 rings (SSSR count). The predicted octanol–water partition coefficient (Wildman–Crippen LogP) is 2.91. The lowest BCUT2D eigenvalue weighted by atomic mass is 10.1. The number of amides is 2. The summed E-state index contributed by atoms with van der Waals surface area (Å²) in [6, 6.07) is 4.61. The van der Waals surface area contributed by atoms with Crippen molar-refractivity contribution in [1.82, 2.24) is 4.90 Å². The van der Waals surface area contributed by atoms with Crippen LogP contribution in [0.2, 0.25) is 0 Å². The quantitative estimate of drug-likeness (QED) is 0.675. The summed E-state index contributed by atoms with van der Waals surface area (Å²) >= 11 is 0. The molecule has 5 nitrogen and oxygen atoms in total. The highest BCUT2D eigenvalue weighted by atomic mass is 19.4. The molecule has 0 unspecified atom stereocenters. The van der Waals surface area contributed by atoms with E-state index in [9.17, 15) is 27.2 Å². The number of urea groups is 1. The van der Waals surface area contributed by atoms with Crippen molar-refractivity contribution >= 4 is 17.7 Å². The highest BCUT2D eigenvalue weighted by Gasteiger charge is 2.47. The molecule has 0 bridgehead atoms. The Hall–Kier alpha value is -2.32. The third-order valence-corrected chi connectivity index (χ3v) is 3.64. The van der Waals surface area contributed by atoms with Gasteiger partial charge in [0.15, 0.2) is 0 Å². The molecule has 0 aromatic heterocycles. The van der Waals surface area contributed by atoms with E-state index in [0.717, 1.165) is 12.0 Å². The Labute approximate surface area is 135 Å². The highest BCUT2D eigenvalue weighted by Crippen LogP contribution is 2.28. The standard InChI is InChI=1S/C15H16F4N2O3/c1-24-12(22)14(16)5-6-21(9-14)13(23)20-11-4-2-3-10(7-11)8-15(17,18)19/h2-4,7H,5-6,8-9H2,1H3,(H,20,23)/t14-/m0/s1. The smallest absolute Gasteiger partial charge is 0.393 e. The molecule has 0 aliphatic carbocycles. The van der Waals surface area contributed by atoms with Gasteiger partial charge in [0.2, 0.25) is 5.67 Å². The zero-order chi connectivity index (χ0) is 18.0. The van der Waals surface area contributed by atoms with E-state index in [1.54, 1.807) is 0 Å². The Morgan fingerprint density at radius 2 is 2.08 bits per heavy atom. The number of nitrogens with one attached hydrogen (secondary N) is 1. The first kappa shape index (κ1) is 18.0. The highest BCUT2D eigenvalue weighted by molar-refractivity contribution is 5.91. The van der Waals surface area contributed by atoms with Crippen molar-refractivity contribution in [3.8, 4) is 0 Å². The second-order valence-corrected chi connectivity index (χ2v) is 5.55. The summed E-state index contributed by atoms with van der Waals surface area (Å²) < 4.78 is 55.8. The van der Waals surface area contributed by atoms with Gasteiger partial charge in [-0.2, -0.15) is 13.2 Å². The summed E-state index contributed by atoms with van der Waals surface area (Å²) in [6.45, 7) is -0.465. The van der Waals surface area contributed by atoms with Crippen LogP contribution in [0.4, 0.5) is 28.0 Å². The summed E-state index contributed by atoms with van der Waals surface area (Å²) in [5.74, 6) is -1.05. The van der Waals surface area contributed by atoms with Crippen LogP contribution in [0.1, 0.15) is 12.0 Å². The van der Waals surface area contributed by atoms with E-state index in [-0.39, 0.29) is 24.2 Å². The number of methoxy groups -OCH3 is 1. The molecule has 1 saturated heterocycles. The Bertz CT molecular complexity index is 635. The second-order valence-electron chi connectivity index (χ2n) is 5.55. The molecule has 2 amide bonds. The molecule has 1 aliphatic heterocycles. The second kappa shape index (κ2) is 6.66. The topological polar surface area (TPSA) is 58.6 Å². The fourth-order valence-corrected chi connectivity index (χ4v) is 2.49. The van der Waals surface area contributed by atoms with Gasteiger partial charge in [0, 0.05) is 18.7 Å². The molecule has 1 heterocycles. The summed E-state index contributed by atoms with van der Waals surface area (Å²) in [5, 5.41) is 2.41. The minimum Gasteiger partial charge on any atom is -0.467 e. The molecule has 1 N–H and O–H groups in total. The Balaban J connectivity index is 2.01. The summed E-state index contributed by atoms with van der Waals surface area (Å²) in [5.41, 5.74) is -2.10. The van der Waals surface area contributed by atoms with E-state index < -0.39 is 36.8 Å². The summed E-state index contributed by atoms with van der Waals surface area (Å²) in [4.78, 5) is 24.5. The molecule has 1 atom stereocenters. The maximum atomic E-state index is 14.3. The van der Waals surface area contributed by atoms with Crippen molar-refractivity contribution in [1.29, 1.82) is 0 Å². The fraction of sp³-hybridized carbons (Fsp3) is 0.467. The number of benzene rings is 1. The number of halogens is 4. The minimum atomic E-state index is -4.36. The van der Waals surface area contributed by atoms with Crippen molar-refractivity contribution in [3.63, 3.8) is 0 Å². The first-order valence-corrected chi connectivity index (χ1v) is 7.12. The van der Waals surface area contributed by atoms with Crippen LogP contribution < -0.4 is 5.32 Å². The number of hydrogen-bond acceptors (Lipinski definition) is 3. The Morgan fingerprint density at radius 1 is 1.38 bits per heavy atom. The molecule has 0 radical (unpaired) electrons. The van der Waals surface area contributed by atoms with Crippen LogP contribution in [0.3, 0.4) is 0 Å². The van der Waals surface area contributed by atoms with E-state index in [4.69, 9.17) is 0 Å². The van der Waals surface area contributed by atoms with Crippen LogP contribution in [0.25, 0.3) is 0 Å². The van der Waals surface area contributed by atoms with Gasteiger partial charge in [0.1, 0.15) is 0 Å². The van der Waals surface area contributed by atoms with E-state index >= 15 is 0 Å². The first-order chi connectivity index (χ1) is 11.1. The fourth-order valence-electron chi connectivity index (χ4n) is 2.49. The molecule has 1 aromatic carbocycles. The number of carbonyl (C=O) groups excluding carboxylic acids is 2. The van der Waals surface area contributed by atoms with E-state index in [1.807, 2.05) is 0 Å². The number of hydrogen-bond donors (Lipinski definition) is 1. The summed E-state index contributed by atoms with van der Waals surface area (Å²) in [6.07, 6.45) is -5.66. The van der Waals surface area contributed by atoms with Crippen LogP contribution in [0, 0.1) is 0 Å². The largest absolute Gasteiger partial charge is 0.467 e. The SMILES string of the molecule is COC(=O)[C@]1(F)CCN(C(=O)Nc2cccc(CC(F)(F)F)c2)C1. The third kappa shape index (κ3) is 4.36. The molecular formula is C15H16F4N2O3. The van der Waals surface area contributed by atoms with Gasteiger partial charge in [-0.1, -0.05) is 12.1 Å². The molecule has 1 fully saturated rings. The average molecular weight is 348 g/mol. The van der Waals surface area contributed by atoms with Crippen LogP contribution in [0.5, 0.6) is 0 Å². The molecular weight excluding hydrogens is 332 g/mol. The number of likely N-dealkylation sites (tertiary alicyclic amines) is 1.